The van der Waals surface area contributed by atoms with Crippen molar-refractivity contribution in [3.8, 4) is 16.9 Å². The van der Waals surface area contributed by atoms with Crippen LogP contribution >= 0.6 is 11.6 Å². The summed E-state index contributed by atoms with van der Waals surface area (Å²) in [6.45, 7) is 4.32. The molecule has 1 aliphatic carbocycles. The summed E-state index contributed by atoms with van der Waals surface area (Å²) in [5.74, 6) is 1.38. The Morgan fingerprint density at radius 3 is 2.64 bits per heavy atom. The summed E-state index contributed by atoms with van der Waals surface area (Å²) in [5, 5.41) is 15.5. The number of halogens is 2. The van der Waals surface area contributed by atoms with Crippen LogP contribution in [-0.4, -0.2) is 74.2 Å². The molecule has 2 N–H and O–H groups in total. The molecule has 7 rings (SSSR count). The molecule has 47 heavy (non-hydrogen) atoms. The number of amides is 1. The molecule has 5 aromatic rings. The number of aromatic nitrogens is 3. The summed E-state index contributed by atoms with van der Waals surface area (Å²) < 4.78 is 21.3. The van der Waals surface area contributed by atoms with E-state index in [4.69, 9.17) is 16.3 Å². The van der Waals surface area contributed by atoms with E-state index in [-0.39, 0.29) is 18.3 Å². The molecule has 3 heterocycles. The van der Waals surface area contributed by atoms with E-state index in [2.05, 4.69) is 20.2 Å². The SMILES string of the molecule is O=C(C1CC1)N1CCN(CC(O)Cn2ccc(-c3ccc4ncnc(Nc5ccc(OCc6cccc(F)c6)c(Cl)c5)c4c3)c2)CC1. The maximum Gasteiger partial charge on any atom is 0.225 e. The van der Waals surface area contributed by atoms with Gasteiger partial charge in [0, 0.05) is 68.7 Å². The lowest BCUT2D eigenvalue weighted by molar-refractivity contribution is -0.134. The molecular formula is C36H36ClFN6O3. The third-order valence-corrected chi connectivity index (χ3v) is 8.99. The Bertz CT molecular complexity index is 1890. The molecule has 0 bridgehead atoms. The number of hydrogen-bond donors (Lipinski definition) is 2. The minimum absolute atomic E-state index is 0.199. The number of carbonyl (C=O) groups is 1. The summed E-state index contributed by atoms with van der Waals surface area (Å²) in [5.41, 5.74) is 4.25. The van der Waals surface area contributed by atoms with Crippen molar-refractivity contribution < 1.29 is 19.0 Å². The number of nitrogens with zero attached hydrogens (tertiary/aromatic N) is 5. The number of β-amino-alcohol motifs (C(OH)–C–C–N with tert-alkyl or cyclic N) is 1. The fourth-order valence-corrected chi connectivity index (χ4v) is 6.25. The van der Waals surface area contributed by atoms with Gasteiger partial charge in [0.1, 0.15) is 30.3 Å². The van der Waals surface area contributed by atoms with Crippen LogP contribution in [0.1, 0.15) is 18.4 Å². The average Bonchev–Trinajstić information content (AvgIpc) is 3.82. The van der Waals surface area contributed by atoms with Crippen molar-refractivity contribution in [1.29, 1.82) is 0 Å². The third-order valence-electron chi connectivity index (χ3n) is 8.70. The Balaban J connectivity index is 0.982. The van der Waals surface area contributed by atoms with Crippen molar-refractivity contribution >= 4 is 39.9 Å². The predicted molar refractivity (Wildman–Crippen MR) is 180 cm³/mol. The Kier molecular flexibility index (Phi) is 9.06. The highest BCUT2D eigenvalue weighted by molar-refractivity contribution is 6.32. The van der Waals surface area contributed by atoms with Crippen molar-refractivity contribution in [2.45, 2.75) is 32.1 Å². The van der Waals surface area contributed by atoms with Gasteiger partial charge < -0.3 is 24.6 Å². The first-order chi connectivity index (χ1) is 22.9. The van der Waals surface area contributed by atoms with Crippen LogP contribution in [0.4, 0.5) is 15.9 Å². The lowest BCUT2D eigenvalue weighted by atomic mass is 10.1. The van der Waals surface area contributed by atoms with Crippen molar-refractivity contribution in [1.82, 2.24) is 24.3 Å². The van der Waals surface area contributed by atoms with Gasteiger partial charge in [-0.3, -0.25) is 9.69 Å². The molecule has 2 aliphatic rings. The summed E-state index contributed by atoms with van der Waals surface area (Å²) in [4.78, 5) is 25.5. The number of hydrogen-bond acceptors (Lipinski definition) is 7. The van der Waals surface area contributed by atoms with Crippen molar-refractivity contribution in [3.63, 3.8) is 0 Å². The maximum absolute atomic E-state index is 13.5. The number of benzene rings is 3. The number of aliphatic hydroxyl groups is 1. The van der Waals surface area contributed by atoms with Crippen LogP contribution in [0.5, 0.6) is 5.75 Å². The molecule has 1 aliphatic heterocycles. The van der Waals surface area contributed by atoms with Crippen molar-refractivity contribution in [3.05, 3.63) is 102 Å². The molecule has 1 amide bonds. The molecule has 2 aromatic heterocycles. The zero-order valence-corrected chi connectivity index (χ0v) is 26.6. The number of fused-ring (bicyclic) bond motifs is 1. The first-order valence-corrected chi connectivity index (χ1v) is 16.3. The second-order valence-electron chi connectivity index (χ2n) is 12.3. The van der Waals surface area contributed by atoms with Crippen molar-refractivity contribution in [2.75, 3.05) is 38.0 Å². The van der Waals surface area contributed by atoms with Gasteiger partial charge >= 0.3 is 0 Å². The van der Waals surface area contributed by atoms with E-state index in [1.54, 1.807) is 24.3 Å². The smallest absolute Gasteiger partial charge is 0.225 e. The van der Waals surface area contributed by atoms with Gasteiger partial charge in [-0.25, -0.2) is 14.4 Å². The normalized spacial score (nSPS) is 15.9. The van der Waals surface area contributed by atoms with Crippen LogP contribution in [0.2, 0.25) is 5.02 Å². The summed E-state index contributed by atoms with van der Waals surface area (Å²) >= 11 is 6.53. The fraction of sp³-hybridized carbons (Fsp3) is 0.306. The van der Waals surface area contributed by atoms with Gasteiger partial charge in [-0.05, 0) is 78.1 Å². The lowest BCUT2D eigenvalue weighted by Gasteiger charge is -2.35. The first-order valence-electron chi connectivity index (χ1n) is 15.9. The van der Waals surface area contributed by atoms with Crippen LogP contribution < -0.4 is 10.1 Å². The molecule has 9 nitrogen and oxygen atoms in total. The van der Waals surface area contributed by atoms with E-state index in [0.29, 0.717) is 41.2 Å². The maximum atomic E-state index is 13.5. The number of aliphatic hydroxyl groups excluding tert-OH is 1. The Morgan fingerprint density at radius 2 is 1.85 bits per heavy atom. The van der Waals surface area contributed by atoms with E-state index in [1.807, 2.05) is 52.2 Å². The van der Waals surface area contributed by atoms with E-state index < -0.39 is 6.10 Å². The second-order valence-corrected chi connectivity index (χ2v) is 12.7. The van der Waals surface area contributed by atoms with E-state index in [0.717, 1.165) is 66.7 Å². The van der Waals surface area contributed by atoms with Crippen LogP contribution in [0, 0.1) is 11.7 Å². The molecule has 1 unspecified atom stereocenters. The highest BCUT2D eigenvalue weighted by atomic mass is 35.5. The zero-order chi connectivity index (χ0) is 32.3. The first kappa shape index (κ1) is 31.1. The lowest BCUT2D eigenvalue weighted by Crippen LogP contribution is -2.51. The van der Waals surface area contributed by atoms with Gasteiger partial charge in [0.25, 0.3) is 0 Å². The minimum Gasteiger partial charge on any atom is -0.487 e. The minimum atomic E-state index is -0.522. The molecule has 11 heteroatoms. The number of anilines is 2. The topological polar surface area (TPSA) is 95.8 Å². The Morgan fingerprint density at radius 1 is 1.00 bits per heavy atom. The average molecular weight is 655 g/mol. The summed E-state index contributed by atoms with van der Waals surface area (Å²) in [6, 6.07) is 19.7. The highest BCUT2D eigenvalue weighted by Gasteiger charge is 2.34. The molecule has 0 spiro atoms. The number of ether oxygens (including phenoxy) is 1. The molecule has 0 radical (unpaired) electrons. The zero-order valence-electron chi connectivity index (χ0n) is 25.9. The van der Waals surface area contributed by atoms with E-state index in [1.165, 1.54) is 18.5 Å². The molecular weight excluding hydrogens is 619 g/mol. The largest absolute Gasteiger partial charge is 0.487 e. The molecule has 1 atom stereocenters. The van der Waals surface area contributed by atoms with Gasteiger partial charge in [0.05, 0.1) is 16.6 Å². The number of rotatable bonds is 11. The van der Waals surface area contributed by atoms with Gasteiger partial charge in [-0.15, -0.1) is 0 Å². The van der Waals surface area contributed by atoms with E-state index in [9.17, 15) is 14.3 Å². The predicted octanol–water partition coefficient (Wildman–Crippen LogP) is 6.13. The van der Waals surface area contributed by atoms with Gasteiger partial charge in [-0.1, -0.05) is 29.8 Å². The van der Waals surface area contributed by atoms with Gasteiger partial charge in [0.15, 0.2) is 0 Å². The van der Waals surface area contributed by atoms with Gasteiger partial charge in [-0.2, -0.15) is 0 Å². The molecule has 3 aromatic carbocycles. The van der Waals surface area contributed by atoms with Crippen molar-refractivity contribution in [2.24, 2.45) is 5.92 Å². The van der Waals surface area contributed by atoms with Crippen LogP contribution in [0.3, 0.4) is 0 Å². The molecule has 1 saturated heterocycles. The molecule has 1 saturated carbocycles. The summed E-state index contributed by atoms with van der Waals surface area (Å²) in [6.07, 6.45) is 7.08. The highest BCUT2D eigenvalue weighted by Crippen LogP contribution is 2.33. The molecule has 2 fully saturated rings. The standard InChI is InChI=1S/C36H36ClFN6O3/c37-32-18-29(7-9-34(32)47-22-24-2-1-3-28(38)16-24)41-35-31-17-26(6-8-33(31)39-23-40-35)27-10-11-43(19-27)21-30(45)20-42-12-14-44(15-13-42)36(46)25-4-5-25/h1-3,6-11,16-19,23,25,30,45H,4-5,12-15,20-22H2,(H,39,40,41). The number of nitrogens with one attached hydrogen (secondary N) is 1. The second kappa shape index (κ2) is 13.7. The van der Waals surface area contributed by atoms with Gasteiger partial charge in [0.2, 0.25) is 5.91 Å². The van der Waals surface area contributed by atoms with Crippen LogP contribution in [0.25, 0.3) is 22.0 Å². The number of carbonyl (C=O) groups excluding carboxylic acids is 1. The Labute approximate surface area is 277 Å². The number of piperazine rings is 1. The monoisotopic (exact) mass is 654 g/mol. The summed E-state index contributed by atoms with van der Waals surface area (Å²) in [7, 11) is 0. The Hall–Kier alpha value is -4.51. The quantitative estimate of drug-likeness (QED) is 0.177. The fourth-order valence-electron chi connectivity index (χ4n) is 6.02. The molecule has 242 valence electrons. The van der Waals surface area contributed by atoms with Crippen LogP contribution in [0.15, 0.2) is 85.5 Å². The third kappa shape index (κ3) is 7.56. The van der Waals surface area contributed by atoms with E-state index >= 15 is 0 Å². The van der Waals surface area contributed by atoms with Crippen LogP contribution in [-0.2, 0) is 17.9 Å².